The summed E-state index contributed by atoms with van der Waals surface area (Å²) in [6.07, 6.45) is 15.2. The standard InChI is InChI=1S/C29H46O2/c1-18(2)7-6-8-19(3)21-10-11-22-20-9-12-24-27(4,14-13-25(30)29(24)15-16-29)23(20)17-26(31)28(21,22)5/h12,18-23,25,30H,6-11,13-17H2,1-5H3/t19-,20+,21-,22+,23+,25?,27-,28-/m1/s1. The van der Waals surface area contributed by atoms with Crippen LogP contribution in [0.3, 0.4) is 0 Å². The van der Waals surface area contributed by atoms with Crippen LogP contribution < -0.4 is 0 Å². The molecule has 4 saturated carbocycles. The number of carbonyl (C=O) groups excluding carboxylic acids is 1. The van der Waals surface area contributed by atoms with Crippen LogP contribution in [-0.2, 0) is 4.79 Å². The molecule has 0 aromatic heterocycles. The Balaban J connectivity index is 1.40. The van der Waals surface area contributed by atoms with Crippen LogP contribution in [0, 0.1) is 51.8 Å². The number of ketones is 1. The zero-order valence-corrected chi connectivity index (χ0v) is 20.8. The van der Waals surface area contributed by atoms with Crippen molar-refractivity contribution in [3.8, 4) is 0 Å². The third-order valence-corrected chi connectivity index (χ3v) is 11.4. The molecule has 8 atom stereocenters. The topological polar surface area (TPSA) is 37.3 Å². The van der Waals surface area contributed by atoms with E-state index in [0.717, 1.165) is 44.4 Å². The van der Waals surface area contributed by atoms with Gasteiger partial charge in [-0.3, -0.25) is 4.79 Å². The van der Waals surface area contributed by atoms with Gasteiger partial charge in [0, 0.05) is 17.3 Å². The summed E-state index contributed by atoms with van der Waals surface area (Å²) in [6.45, 7) is 11.9. The highest BCUT2D eigenvalue weighted by molar-refractivity contribution is 5.87. The van der Waals surface area contributed by atoms with E-state index in [-0.39, 0.29) is 22.3 Å². The summed E-state index contributed by atoms with van der Waals surface area (Å²) in [6, 6.07) is 0. The van der Waals surface area contributed by atoms with E-state index in [1.165, 1.54) is 32.1 Å². The molecule has 0 aromatic rings. The van der Waals surface area contributed by atoms with Gasteiger partial charge in [0.2, 0.25) is 0 Å². The van der Waals surface area contributed by atoms with Gasteiger partial charge >= 0.3 is 0 Å². The number of hydrogen-bond acceptors (Lipinski definition) is 2. The second-order valence-electron chi connectivity index (χ2n) is 13.3. The molecule has 31 heavy (non-hydrogen) atoms. The lowest BCUT2D eigenvalue weighted by Crippen LogP contribution is -2.56. The second-order valence-corrected chi connectivity index (χ2v) is 13.3. The van der Waals surface area contributed by atoms with Crippen LogP contribution >= 0.6 is 0 Å². The average Bonchev–Trinajstić information content (AvgIpc) is 3.42. The molecule has 2 nitrogen and oxygen atoms in total. The third-order valence-electron chi connectivity index (χ3n) is 11.4. The predicted octanol–water partition coefficient (Wildman–Crippen LogP) is 6.96. The maximum Gasteiger partial charge on any atom is 0.139 e. The van der Waals surface area contributed by atoms with Gasteiger partial charge in [-0.1, -0.05) is 65.5 Å². The minimum Gasteiger partial charge on any atom is -0.392 e. The first-order valence-electron chi connectivity index (χ1n) is 13.6. The maximum absolute atomic E-state index is 13.9. The first kappa shape index (κ1) is 22.2. The highest BCUT2D eigenvalue weighted by Crippen LogP contribution is 2.72. The molecule has 5 aliphatic rings. The van der Waals surface area contributed by atoms with Crippen molar-refractivity contribution in [3.63, 3.8) is 0 Å². The predicted molar refractivity (Wildman–Crippen MR) is 126 cm³/mol. The highest BCUT2D eigenvalue weighted by Gasteiger charge is 2.67. The van der Waals surface area contributed by atoms with Gasteiger partial charge in [0.05, 0.1) is 6.10 Å². The van der Waals surface area contributed by atoms with Gasteiger partial charge in [0.1, 0.15) is 5.78 Å². The first-order chi connectivity index (χ1) is 14.6. The number of carbonyl (C=O) groups is 1. The van der Waals surface area contributed by atoms with Crippen LogP contribution in [0.25, 0.3) is 0 Å². The van der Waals surface area contributed by atoms with Crippen LogP contribution in [0.2, 0.25) is 0 Å². The molecule has 5 aliphatic carbocycles. The molecule has 1 spiro atoms. The summed E-state index contributed by atoms with van der Waals surface area (Å²) in [5.41, 5.74) is 1.71. The zero-order chi connectivity index (χ0) is 22.2. The fourth-order valence-corrected chi connectivity index (χ4v) is 9.52. The molecular weight excluding hydrogens is 380 g/mol. The minimum absolute atomic E-state index is 0.0882. The number of aliphatic hydroxyl groups excluding tert-OH is 1. The van der Waals surface area contributed by atoms with Gasteiger partial charge in [-0.15, -0.1) is 0 Å². The molecule has 0 aliphatic heterocycles. The summed E-state index contributed by atoms with van der Waals surface area (Å²) in [5, 5.41) is 10.8. The van der Waals surface area contributed by atoms with Gasteiger partial charge in [-0.25, -0.2) is 0 Å². The molecule has 0 bridgehead atoms. The van der Waals surface area contributed by atoms with Crippen LogP contribution in [0.5, 0.6) is 0 Å². The van der Waals surface area contributed by atoms with E-state index in [9.17, 15) is 9.90 Å². The average molecular weight is 427 g/mol. The molecule has 1 unspecified atom stereocenters. The Morgan fingerprint density at radius 2 is 1.77 bits per heavy atom. The summed E-state index contributed by atoms with van der Waals surface area (Å²) in [4.78, 5) is 13.9. The van der Waals surface area contributed by atoms with Crippen molar-refractivity contribution in [2.24, 2.45) is 51.8 Å². The van der Waals surface area contributed by atoms with E-state index in [0.29, 0.717) is 35.4 Å². The van der Waals surface area contributed by atoms with Crippen LogP contribution in [0.4, 0.5) is 0 Å². The number of aliphatic hydroxyl groups is 1. The maximum atomic E-state index is 13.9. The molecule has 1 N–H and O–H groups in total. The van der Waals surface area contributed by atoms with Gasteiger partial charge in [-0.05, 0) is 85.9 Å². The number of Topliss-reactive ketones (excluding diaryl/α,β-unsaturated/α-hetero) is 1. The summed E-state index contributed by atoms with van der Waals surface area (Å²) < 4.78 is 0. The van der Waals surface area contributed by atoms with Crippen LogP contribution in [0.15, 0.2) is 11.6 Å². The molecule has 0 saturated heterocycles. The SMILES string of the molecule is CC(C)CCC[C@@H](C)[C@H]1CC[C@H]2[C@@H]3CC=C4C5(CC5)C(O)CC[C@]4(C)[C@H]3CC(=O)[C@]12C. The quantitative estimate of drug-likeness (QED) is 0.483. The van der Waals surface area contributed by atoms with Crippen molar-refractivity contribution in [1.82, 2.24) is 0 Å². The fraction of sp³-hybridized carbons (Fsp3) is 0.897. The van der Waals surface area contributed by atoms with Gasteiger partial charge < -0.3 is 5.11 Å². The van der Waals surface area contributed by atoms with Crippen molar-refractivity contribution in [1.29, 1.82) is 0 Å². The first-order valence-corrected chi connectivity index (χ1v) is 13.6. The van der Waals surface area contributed by atoms with Crippen molar-refractivity contribution in [3.05, 3.63) is 11.6 Å². The molecule has 5 rings (SSSR count). The van der Waals surface area contributed by atoms with E-state index in [2.05, 4.69) is 40.7 Å². The molecule has 0 amide bonds. The normalized spacial score (nSPS) is 46.4. The van der Waals surface area contributed by atoms with Crippen molar-refractivity contribution in [2.75, 3.05) is 0 Å². The number of rotatable bonds is 5. The Morgan fingerprint density at radius 3 is 2.45 bits per heavy atom. The van der Waals surface area contributed by atoms with Crippen LogP contribution in [0.1, 0.15) is 105 Å². The van der Waals surface area contributed by atoms with Gasteiger partial charge in [0.25, 0.3) is 0 Å². The lowest BCUT2D eigenvalue weighted by atomic mass is 9.45. The van der Waals surface area contributed by atoms with Crippen molar-refractivity contribution >= 4 is 5.78 Å². The second kappa shape index (κ2) is 7.44. The lowest BCUT2D eigenvalue weighted by molar-refractivity contribution is -0.148. The molecular formula is C29H46O2. The van der Waals surface area contributed by atoms with E-state index in [4.69, 9.17) is 0 Å². The van der Waals surface area contributed by atoms with E-state index >= 15 is 0 Å². The van der Waals surface area contributed by atoms with Crippen molar-refractivity contribution < 1.29 is 9.90 Å². The van der Waals surface area contributed by atoms with Gasteiger partial charge in [-0.2, -0.15) is 0 Å². The molecule has 0 heterocycles. The van der Waals surface area contributed by atoms with Gasteiger partial charge in [0.15, 0.2) is 0 Å². The Bertz CT molecular complexity index is 761. The largest absolute Gasteiger partial charge is 0.392 e. The number of allylic oxidation sites excluding steroid dienone is 1. The number of fused-ring (bicyclic) bond motifs is 6. The lowest BCUT2D eigenvalue weighted by Gasteiger charge is -2.59. The molecule has 0 radical (unpaired) electrons. The molecule has 2 heteroatoms. The number of hydrogen-bond donors (Lipinski definition) is 1. The molecule has 0 aromatic carbocycles. The fourth-order valence-electron chi connectivity index (χ4n) is 9.52. The van der Waals surface area contributed by atoms with Crippen molar-refractivity contribution in [2.45, 2.75) is 111 Å². The Hall–Kier alpha value is -0.630. The monoisotopic (exact) mass is 426 g/mol. The Morgan fingerprint density at radius 1 is 1.03 bits per heavy atom. The summed E-state index contributed by atoms with van der Waals surface area (Å²) in [7, 11) is 0. The minimum atomic E-state index is -0.143. The highest BCUT2D eigenvalue weighted by atomic mass is 16.3. The molecule has 174 valence electrons. The smallest absolute Gasteiger partial charge is 0.139 e. The van der Waals surface area contributed by atoms with E-state index in [1.54, 1.807) is 5.57 Å². The molecule has 4 fully saturated rings. The Labute approximate surface area is 190 Å². The van der Waals surface area contributed by atoms with Crippen LogP contribution in [-0.4, -0.2) is 17.0 Å². The Kier molecular flexibility index (Phi) is 5.32. The van der Waals surface area contributed by atoms with E-state index in [1.807, 2.05) is 0 Å². The zero-order valence-electron chi connectivity index (χ0n) is 20.8. The van der Waals surface area contributed by atoms with E-state index < -0.39 is 0 Å². The summed E-state index contributed by atoms with van der Waals surface area (Å²) in [5.74, 6) is 4.39. The summed E-state index contributed by atoms with van der Waals surface area (Å²) >= 11 is 0. The third kappa shape index (κ3) is 3.09.